The molecule has 4 heteroatoms. The van der Waals surface area contributed by atoms with Crippen LogP contribution in [0.5, 0.6) is 0 Å². The molecule has 0 saturated heterocycles. The number of Topliss-reactive ketones (excluding diaryl/α,β-unsaturated/α-hetero) is 1. The zero-order chi connectivity index (χ0) is 8.97. The predicted octanol–water partition coefficient (Wildman–Crippen LogP) is 1.49. The lowest BCUT2D eigenvalue weighted by molar-refractivity contribution is -0.116. The molecule has 0 amide bonds. The molecule has 0 atom stereocenters. The van der Waals surface area contributed by atoms with Crippen LogP contribution in [0.25, 0.3) is 0 Å². The monoisotopic (exact) mass is 184 g/mol. The van der Waals surface area contributed by atoms with E-state index < -0.39 is 0 Å². The fourth-order valence-corrected chi connectivity index (χ4v) is 1.63. The minimum absolute atomic E-state index is 0.267. The molecule has 0 aromatic carbocycles. The summed E-state index contributed by atoms with van der Waals surface area (Å²) < 4.78 is 1.91. The third kappa shape index (κ3) is 2.37. The average Bonchev–Trinajstić information content (AvgIpc) is 2.47. The van der Waals surface area contributed by atoms with E-state index in [1.807, 2.05) is 24.7 Å². The van der Waals surface area contributed by atoms with Crippen LogP contribution in [0.2, 0.25) is 0 Å². The van der Waals surface area contributed by atoms with Crippen molar-refractivity contribution in [1.29, 1.82) is 0 Å². The second-order valence-electron chi connectivity index (χ2n) is 2.50. The molecular weight excluding hydrogens is 172 g/mol. The number of thioether (sulfide) groups is 1. The summed E-state index contributed by atoms with van der Waals surface area (Å²) in [5, 5.41) is 0.900. The third-order valence-corrected chi connectivity index (χ3v) is 2.65. The first-order chi connectivity index (χ1) is 5.74. The van der Waals surface area contributed by atoms with Gasteiger partial charge in [-0.25, -0.2) is 4.98 Å². The van der Waals surface area contributed by atoms with E-state index in [9.17, 15) is 4.79 Å². The Kier molecular flexibility index (Phi) is 3.34. The van der Waals surface area contributed by atoms with Gasteiger partial charge in [-0.15, -0.1) is 0 Å². The molecule has 66 valence electrons. The van der Waals surface area contributed by atoms with Gasteiger partial charge in [-0.2, -0.15) is 0 Å². The fraction of sp³-hybridized carbons (Fsp3) is 0.500. The Bertz CT molecular complexity index is 270. The molecule has 12 heavy (non-hydrogen) atoms. The quantitative estimate of drug-likeness (QED) is 0.665. The molecule has 0 bridgehead atoms. The van der Waals surface area contributed by atoms with Gasteiger partial charge in [0.05, 0.1) is 5.75 Å². The second kappa shape index (κ2) is 4.30. The number of carbonyl (C=O) groups is 1. The van der Waals surface area contributed by atoms with Crippen LogP contribution < -0.4 is 0 Å². The Balaban J connectivity index is 2.43. The van der Waals surface area contributed by atoms with Crippen LogP contribution in [0, 0.1) is 0 Å². The fourth-order valence-electron chi connectivity index (χ4n) is 0.738. The number of rotatable bonds is 4. The van der Waals surface area contributed by atoms with E-state index in [2.05, 4.69) is 4.98 Å². The minimum Gasteiger partial charge on any atom is -0.329 e. The van der Waals surface area contributed by atoms with Gasteiger partial charge in [0.1, 0.15) is 5.78 Å². The summed E-state index contributed by atoms with van der Waals surface area (Å²) in [6.07, 6.45) is 4.22. The van der Waals surface area contributed by atoms with E-state index in [4.69, 9.17) is 0 Å². The normalized spacial score (nSPS) is 10.2. The zero-order valence-electron chi connectivity index (χ0n) is 7.28. The maximum Gasteiger partial charge on any atom is 0.168 e. The highest BCUT2D eigenvalue weighted by Gasteiger charge is 2.03. The van der Waals surface area contributed by atoms with Gasteiger partial charge in [0, 0.05) is 25.9 Å². The SMILES string of the molecule is CCC(=O)CSc1nccn1C. The van der Waals surface area contributed by atoms with Crippen molar-refractivity contribution < 1.29 is 4.79 Å². The van der Waals surface area contributed by atoms with E-state index in [1.165, 1.54) is 11.8 Å². The summed E-state index contributed by atoms with van der Waals surface area (Å²) in [6.45, 7) is 1.88. The lowest BCUT2D eigenvalue weighted by Gasteiger charge is -1.98. The molecule has 1 rings (SSSR count). The molecule has 0 aliphatic heterocycles. The second-order valence-corrected chi connectivity index (χ2v) is 3.44. The molecule has 0 fully saturated rings. The molecule has 1 aromatic heterocycles. The zero-order valence-corrected chi connectivity index (χ0v) is 8.10. The van der Waals surface area contributed by atoms with Gasteiger partial charge in [-0.05, 0) is 0 Å². The number of aryl methyl sites for hydroxylation is 1. The minimum atomic E-state index is 0.267. The van der Waals surface area contributed by atoms with Crippen LogP contribution in [-0.4, -0.2) is 21.1 Å². The Morgan fingerprint density at radius 1 is 1.75 bits per heavy atom. The topological polar surface area (TPSA) is 34.9 Å². The first kappa shape index (κ1) is 9.32. The van der Waals surface area contributed by atoms with Crippen molar-refractivity contribution in [2.45, 2.75) is 18.5 Å². The van der Waals surface area contributed by atoms with Gasteiger partial charge in [0.15, 0.2) is 5.16 Å². The van der Waals surface area contributed by atoms with Crippen molar-refractivity contribution in [2.24, 2.45) is 7.05 Å². The van der Waals surface area contributed by atoms with Crippen LogP contribution in [0.15, 0.2) is 17.6 Å². The summed E-state index contributed by atoms with van der Waals surface area (Å²) >= 11 is 1.49. The van der Waals surface area contributed by atoms with Crippen molar-refractivity contribution >= 4 is 17.5 Å². The highest BCUT2D eigenvalue weighted by atomic mass is 32.2. The summed E-state index contributed by atoms with van der Waals surface area (Å²) in [7, 11) is 1.92. The van der Waals surface area contributed by atoms with E-state index in [1.54, 1.807) is 6.20 Å². The van der Waals surface area contributed by atoms with E-state index in [-0.39, 0.29) is 5.78 Å². The molecule has 0 aliphatic rings. The lowest BCUT2D eigenvalue weighted by Crippen LogP contribution is -2.00. The van der Waals surface area contributed by atoms with Gasteiger partial charge in [0.2, 0.25) is 0 Å². The Labute approximate surface area is 76.2 Å². The summed E-state index contributed by atoms with van der Waals surface area (Å²) in [4.78, 5) is 15.1. The number of aromatic nitrogens is 2. The van der Waals surface area contributed by atoms with E-state index in [0.29, 0.717) is 12.2 Å². The number of ketones is 1. The summed E-state index contributed by atoms with van der Waals surface area (Å²) in [5.41, 5.74) is 0. The van der Waals surface area contributed by atoms with Crippen LogP contribution in [0.4, 0.5) is 0 Å². The van der Waals surface area contributed by atoms with Crippen LogP contribution >= 0.6 is 11.8 Å². The highest BCUT2D eigenvalue weighted by molar-refractivity contribution is 7.99. The van der Waals surface area contributed by atoms with Crippen molar-refractivity contribution in [3.63, 3.8) is 0 Å². The summed E-state index contributed by atoms with van der Waals surface area (Å²) in [5.74, 6) is 0.796. The standard InChI is InChI=1S/C8H12N2OS/c1-3-7(11)6-12-8-9-4-5-10(8)2/h4-5H,3,6H2,1-2H3. The molecule has 0 aliphatic carbocycles. The van der Waals surface area contributed by atoms with E-state index in [0.717, 1.165) is 5.16 Å². The Hall–Kier alpha value is -0.770. The molecular formula is C8H12N2OS. The maximum absolute atomic E-state index is 11.0. The van der Waals surface area contributed by atoms with Gasteiger partial charge in [0.25, 0.3) is 0 Å². The molecule has 0 unspecified atom stereocenters. The van der Waals surface area contributed by atoms with Gasteiger partial charge in [-0.3, -0.25) is 4.79 Å². The number of nitrogens with zero attached hydrogens (tertiary/aromatic N) is 2. The molecule has 0 N–H and O–H groups in total. The lowest BCUT2D eigenvalue weighted by atomic mass is 10.4. The first-order valence-corrected chi connectivity index (χ1v) is 4.84. The molecule has 1 heterocycles. The van der Waals surface area contributed by atoms with Crippen molar-refractivity contribution in [3.8, 4) is 0 Å². The van der Waals surface area contributed by atoms with Crippen molar-refractivity contribution in [2.75, 3.05) is 5.75 Å². The van der Waals surface area contributed by atoms with E-state index >= 15 is 0 Å². The summed E-state index contributed by atoms with van der Waals surface area (Å²) in [6, 6.07) is 0. The van der Waals surface area contributed by atoms with Crippen LogP contribution in [0.1, 0.15) is 13.3 Å². The molecule has 0 spiro atoms. The Morgan fingerprint density at radius 2 is 2.50 bits per heavy atom. The van der Waals surface area contributed by atoms with Crippen molar-refractivity contribution in [1.82, 2.24) is 9.55 Å². The third-order valence-electron chi connectivity index (χ3n) is 1.53. The largest absolute Gasteiger partial charge is 0.329 e. The predicted molar refractivity (Wildman–Crippen MR) is 49.2 cm³/mol. The van der Waals surface area contributed by atoms with Crippen molar-refractivity contribution in [3.05, 3.63) is 12.4 Å². The maximum atomic E-state index is 11.0. The van der Waals surface area contributed by atoms with Crippen LogP contribution in [-0.2, 0) is 11.8 Å². The van der Waals surface area contributed by atoms with Gasteiger partial charge in [-0.1, -0.05) is 18.7 Å². The highest BCUT2D eigenvalue weighted by Crippen LogP contribution is 2.14. The number of imidazole rings is 1. The first-order valence-electron chi connectivity index (χ1n) is 3.86. The molecule has 0 radical (unpaired) electrons. The number of hydrogen-bond donors (Lipinski definition) is 0. The van der Waals surface area contributed by atoms with Crippen LogP contribution in [0.3, 0.4) is 0 Å². The van der Waals surface area contributed by atoms with Gasteiger partial charge >= 0.3 is 0 Å². The smallest absolute Gasteiger partial charge is 0.168 e. The average molecular weight is 184 g/mol. The molecule has 1 aromatic rings. The number of hydrogen-bond acceptors (Lipinski definition) is 3. The molecule has 0 saturated carbocycles. The van der Waals surface area contributed by atoms with Gasteiger partial charge < -0.3 is 4.57 Å². The molecule has 3 nitrogen and oxygen atoms in total. The Morgan fingerprint density at radius 3 is 3.00 bits per heavy atom. The number of carbonyl (C=O) groups excluding carboxylic acids is 1.